The Morgan fingerprint density at radius 3 is 1.62 bits per heavy atom. The molecule has 0 heterocycles. The van der Waals surface area contributed by atoms with Crippen LogP contribution in [-0.4, -0.2) is 50.8 Å². The van der Waals surface area contributed by atoms with Crippen molar-refractivity contribution in [2.75, 3.05) is 27.3 Å². The molecular formula is C27H31N2O8+. The van der Waals surface area contributed by atoms with Crippen molar-refractivity contribution in [1.29, 1.82) is 0 Å². The highest BCUT2D eigenvalue weighted by Crippen LogP contribution is 2.30. The summed E-state index contributed by atoms with van der Waals surface area (Å²) >= 11 is 0. The van der Waals surface area contributed by atoms with E-state index in [0.29, 0.717) is 29.2 Å². The zero-order chi connectivity index (χ0) is 27.2. The van der Waals surface area contributed by atoms with E-state index in [1.165, 1.54) is 32.4 Å². The lowest BCUT2D eigenvalue weighted by Gasteiger charge is -2.09. The molecule has 196 valence electrons. The molecule has 0 fully saturated rings. The zero-order valence-corrected chi connectivity index (χ0v) is 20.9. The van der Waals surface area contributed by atoms with E-state index in [0.717, 1.165) is 0 Å². The van der Waals surface area contributed by atoms with Gasteiger partial charge < -0.3 is 30.4 Å². The van der Waals surface area contributed by atoms with Crippen molar-refractivity contribution in [3.63, 3.8) is 0 Å². The minimum Gasteiger partial charge on any atom is -0.493 e. The van der Waals surface area contributed by atoms with Crippen molar-refractivity contribution in [3.05, 3.63) is 59.7 Å². The Kier molecular flexibility index (Phi) is 11.7. The summed E-state index contributed by atoms with van der Waals surface area (Å²) in [5.74, 6) is -0.517. The quantitative estimate of drug-likeness (QED) is 0.167. The van der Waals surface area contributed by atoms with E-state index in [1.807, 2.05) is 0 Å². The number of hydrogen-bond donors (Lipinski definition) is 2. The van der Waals surface area contributed by atoms with E-state index in [2.05, 4.69) is 5.73 Å². The van der Waals surface area contributed by atoms with E-state index in [1.54, 1.807) is 42.5 Å². The van der Waals surface area contributed by atoms with Crippen molar-refractivity contribution >= 4 is 35.7 Å². The van der Waals surface area contributed by atoms with Gasteiger partial charge in [-0.25, -0.2) is 0 Å². The van der Waals surface area contributed by atoms with E-state index >= 15 is 0 Å². The molecule has 2 aromatic rings. The monoisotopic (exact) mass is 511 g/mol. The van der Waals surface area contributed by atoms with Crippen molar-refractivity contribution in [1.82, 2.24) is 0 Å². The molecule has 10 nitrogen and oxygen atoms in total. The van der Waals surface area contributed by atoms with Gasteiger partial charge in [0.2, 0.25) is 0 Å². The molecule has 5 N–H and O–H groups in total. The molecule has 0 aliphatic heterocycles. The van der Waals surface area contributed by atoms with Crippen LogP contribution in [0.1, 0.15) is 30.4 Å². The third kappa shape index (κ3) is 9.71. The first kappa shape index (κ1) is 29.0. The summed E-state index contributed by atoms with van der Waals surface area (Å²) in [5, 5.41) is 0. The number of carbonyl (C=O) groups is 4. The normalized spacial score (nSPS) is 10.9. The number of allylic oxidation sites excluding steroid dienone is 2. The number of benzene rings is 2. The number of ketones is 2. The molecule has 0 radical (unpaired) electrons. The highest BCUT2D eigenvalue weighted by atomic mass is 16.6. The predicted octanol–water partition coefficient (Wildman–Crippen LogP) is 1.75. The summed E-state index contributed by atoms with van der Waals surface area (Å²) in [7, 11) is 2.87. The first-order chi connectivity index (χ1) is 17.8. The van der Waals surface area contributed by atoms with Crippen LogP contribution in [0, 0.1) is 0 Å². The van der Waals surface area contributed by atoms with Gasteiger partial charge in [-0.1, -0.05) is 24.3 Å². The molecule has 0 aliphatic carbocycles. The van der Waals surface area contributed by atoms with Crippen LogP contribution in [0.2, 0.25) is 0 Å². The number of carbonyl (C=O) groups excluding carboxylic acids is 4. The smallest absolute Gasteiger partial charge is 0.317 e. The Morgan fingerprint density at radius 2 is 1.22 bits per heavy atom. The number of rotatable bonds is 14. The Morgan fingerprint density at radius 1 is 0.757 bits per heavy atom. The molecule has 0 spiro atoms. The average Bonchev–Trinajstić information content (AvgIpc) is 2.87. The molecule has 0 amide bonds. The summed E-state index contributed by atoms with van der Waals surface area (Å²) in [6, 6.07) is 9.63. The SMILES string of the molecule is COc1cc(/C=C/C(=O)CC(=O)/C=C/c2ccc(OC(=O)CC[NH3+])c(OC)c2)ccc1OC(=O)CCN. The number of ether oxygens (including phenoxy) is 4. The van der Waals surface area contributed by atoms with E-state index < -0.39 is 17.7 Å². The lowest BCUT2D eigenvalue weighted by molar-refractivity contribution is -0.366. The van der Waals surface area contributed by atoms with E-state index in [-0.39, 0.29) is 43.1 Å². The lowest BCUT2D eigenvalue weighted by atomic mass is 10.1. The fourth-order valence-electron chi connectivity index (χ4n) is 3.02. The summed E-state index contributed by atoms with van der Waals surface area (Å²) in [6.45, 7) is 0.595. The second-order valence-corrected chi connectivity index (χ2v) is 7.69. The van der Waals surface area contributed by atoms with E-state index in [9.17, 15) is 19.2 Å². The number of nitrogens with two attached hydrogens (primary N) is 1. The minimum atomic E-state index is -0.478. The van der Waals surface area contributed by atoms with Crippen LogP contribution < -0.4 is 30.4 Å². The van der Waals surface area contributed by atoms with Crippen molar-refractivity contribution in [3.8, 4) is 23.0 Å². The molecule has 0 bridgehead atoms. The predicted molar refractivity (Wildman–Crippen MR) is 136 cm³/mol. The minimum absolute atomic E-state index is 0.0766. The van der Waals surface area contributed by atoms with E-state index in [4.69, 9.17) is 24.7 Å². The molecule has 0 saturated carbocycles. The van der Waals surface area contributed by atoms with Gasteiger partial charge >= 0.3 is 11.9 Å². The van der Waals surface area contributed by atoms with Crippen LogP contribution >= 0.6 is 0 Å². The Balaban J connectivity index is 1.98. The van der Waals surface area contributed by atoms with Gasteiger partial charge in [0.25, 0.3) is 0 Å². The standard InChI is InChI=1S/C27H30N2O8/c1-34-24-15-18(5-9-22(24)36-26(32)11-13-28)3-7-20(30)17-21(31)8-4-19-6-10-23(25(16-19)35-2)37-27(33)12-14-29/h3-10,15-16H,11-14,17,28-29H2,1-2H3/p+1/b7-3+,8-4+. The second-order valence-electron chi connectivity index (χ2n) is 7.69. The van der Waals surface area contributed by atoms with Gasteiger partial charge in [0.15, 0.2) is 34.6 Å². The first-order valence-electron chi connectivity index (χ1n) is 11.5. The Bertz CT molecular complexity index is 1100. The third-order valence-corrected chi connectivity index (χ3v) is 4.82. The van der Waals surface area contributed by atoms with Gasteiger partial charge in [-0.05, 0) is 47.5 Å². The highest BCUT2D eigenvalue weighted by molar-refractivity contribution is 6.10. The van der Waals surface area contributed by atoms with Crippen molar-refractivity contribution < 1.29 is 43.9 Å². The third-order valence-electron chi connectivity index (χ3n) is 4.82. The fraction of sp³-hybridized carbons (Fsp3) is 0.259. The van der Waals surface area contributed by atoms with Crippen molar-refractivity contribution in [2.24, 2.45) is 5.73 Å². The van der Waals surface area contributed by atoms with Crippen LogP contribution in [0.5, 0.6) is 23.0 Å². The molecule has 2 aromatic carbocycles. The topological polar surface area (TPSA) is 159 Å². The molecular weight excluding hydrogens is 480 g/mol. The molecule has 37 heavy (non-hydrogen) atoms. The molecule has 0 saturated heterocycles. The van der Waals surface area contributed by atoms with Crippen LogP contribution in [0.15, 0.2) is 48.6 Å². The Labute approximate surface area is 214 Å². The van der Waals surface area contributed by atoms with Gasteiger partial charge in [0.05, 0.1) is 40.0 Å². The summed E-state index contributed by atoms with van der Waals surface area (Å²) in [6.07, 6.45) is 5.60. The fourth-order valence-corrected chi connectivity index (χ4v) is 3.02. The van der Waals surface area contributed by atoms with Gasteiger partial charge in [0.1, 0.15) is 0 Å². The van der Waals surface area contributed by atoms with Gasteiger partial charge in [0, 0.05) is 6.54 Å². The van der Waals surface area contributed by atoms with Gasteiger partial charge in [-0.2, -0.15) is 0 Å². The molecule has 0 aromatic heterocycles. The molecule has 10 heteroatoms. The van der Waals surface area contributed by atoms with Crippen molar-refractivity contribution in [2.45, 2.75) is 19.3 Å². The molecule has 0 aliphatic rings. The highest BCUT2D eigenvalue weighted by Gasteiger charge is 2.12. The number of hydrogen-bond acceptors (Lipinski definition) is 9. The number of esters is 2. The molecule has 0 atom stereocenters. The van der Waals surface area contributed by atoms with Gasteiger partial charge in [-0.3, -0.25) is 19.2 Å². The Hall–Kier alpha value is -4.28. The van der Waals surface area contributed by atoms with Crippen LogP contribution in [-0.2, 0) is 19.2 Å². The lowest BCUT2D eigenvalue weighted by Crippen LogP contribution is -2.51. The maximum Gasteiger partial charge on any atom is 0.317 e. The molecule has 2 rings (SSSR count). The number of methoxy groups -OCH3 is 2. The average molecular weight is 512 g/mol. The van der Waals surface area contributed by atoms with Crippen LogP contribution in [0.4, 0.5) is 0 Å². The maximum absolute atomic E-state index is 12.3. The van der Waals surface area contributed by atoms with Crippen LogP contribution in [0.3, 0.4) is 0 Å². The summed E-state index contributed by atoms with van der Waals surface area (Å²) in [5.41, 5.74) is 10.2. The summed E-state index contributed by atoms with van der Waals surface area (Å²) < 4.78 is 20.9. The first-order valence-corrected chi connectivity index (χ1v) is 11.5. The summed E-state index contributed by atoms with van der Waals surface area (Å²) in [4.78, 5) is 47.9. The number of quaternary nitrogens is 1. The zero-order valence-electron chi connectivity index (χ0n) is 20.9. The largest absolute Gasteiger partial charge is 0.493 e. The molecule has 0 unspecified atom stereocenters. The van der Waals surface area contributed by atoms with Crippen LogP contribution in [0.25, 0.3) is 12.2 Å². The van der Waals surface area contributed by atoms with Gasteiger partial charge in [-0.15, -0.1) is 0 Å². The second kappa shape index (κ2) is 15.0. The maximum atomic E-state index is 12.3.